The lowest BCUT2D eigenvalue weighted by Crippen LogP contribution is -2.14. The fraction of sp³-hybridized carbons (Fsp3) is 0.0667. The van der Waals surface area contributed by atoms with Gasteiger partial charge in [-0.1, -0.05) is 11.8 Å². The molecule has 1 amide bonds. The predicted molar refractivity (Wildman–Crippen MR) is 88.9 cm³/mol. The van der Waals surface area contributed by atoms with Gasteiger partial charge in [0.1, 0.15) is 11.6 Å². The number of amides is 1. The standard InChI is InChI=1S/C15H10F2N4OS2/c16-9-2-3-10(11(17)6-9)12-7-23-15(20-12)21-13(22)8-24-14-18-4-1-5-19-14/h1-7H,8H2,(H,20,21,22). The molecule has 0 spiro atoms. The van der Waals surface area contributed by atoms with Crippen molar-refractivity contribution in [3.63, 3.8) is 0 Å². The van der Waals surface area contributed by atoms with E-state index in [1.807, 2.05) is 0 Å². The van der Waals surface area contributed by atoms with Crippen LogP contribution < -0.4 is 5.32 Å². The molecule has 0 saturated carbocycles. The summed E-state index contributed by atoms with van der Waals surface area (Å²) in [5.74, 6) is -1.49. The number of thiazole rings is 1. The maximum Gasteiger partial charge on any atom is 0.236 e. The van der Waals surface area contributed by atoms with Gasteiger partial charge in [0.2, 0.25) is 5.91 Å². The number of nitrogens with zero attached hydrogens (tertiary/aromatic N) is 3. The first-order valence-corrected chi connectivity index (χ1v) is 8.59. The van der Waals surface area contributed by atoms with Crippen LogP contribution in [-0.2, 0) is 4.79 Å². The number of hydrogen-bond donors (Lipinski definition) is 1. The van der Waals surface area contributed by atoms with Gasteiger partial charge in [0.05, 0.1) is 11.4 Å². The molecule has 0 saturated heterocycles. The second-order valence-corrected chi connectivity index (χ2v) is 6.33. The van der Waals surface area contributed by atoms with Crippen LogP contribution in [0.1, 0.15) is 0 Å². The quantitative estimate of drug-likeness (QED) is 0.553. The molecule has 0 aliphatic carbocycles. The molecule has 3 rings (SSSR count). The number of carbonyl (C=O) groups excluding carboxylic acids is 1. The summed E-state index contributed by atoms with van der Waals surface area (Å²) in [6, 6.07) is 4.96. The largest absolute Gasteiger partial charge is 0.301 e. The fourth-order valence-electron chi connectivity index (χ4n) is 1.80. The van der Waals surface area contributed by atoms with Crippen molar-refractivity contribution in [2.75, 3.05) is 11.1 Å². The molecule has 3 aromatic rings. The molecule has 2 aromatic heterocycles. The number of anilines is 1. The van der Waals surface area contributed by atoms with Crippen molar-refractivity contribution < 1.29 is 13.6 Å². The first-order valence-electron chi connectivity index (χ1n) is 6.72. The van der Waals surface area contributed by atoms with Crippen LogP contribution in [0.3, 0.4) is 0 Å². The summed E-state index contributed by atoms with van der Waals surface area (Å²) < 4.78 is 26.7. The Hall–Kier alpha value is -2.39. The van der Waals surface area contributed by atoms with E-state index >= 15 is 0 Å². The summed E-state index contributed by atoms with van der Waals surface area (Å²) >= 11 is 2.36. The van der Waals surface area contributed by atoms with Crippen LogP contribution in [0, 0.1) is 11.6 Å². The van der Waals surface area contributed by atoms with E-state index in [1.54, 1.807) is 23.8 Å². The molecular formula is C15H10F2N4OS2. The Morgan fingerprint density at radius 1 is 1.25 bits per heavy atom. The van der Waals surface area contributed by atoms with Crippen LogP contribution in [0.25, 0.3) is 11.3 Å². The minimum Gasteiger partial charge on any atom is -0.301 e. The van der Waals surface area contributed by atoms with Crippen LogP contribution in [-0.4, -0.2) is 26.6 Å². The van der Waals surface area contributed by atoms with Gasteiger partial charge < -0.3 is 5.32 Å². The molecule has 0 aliphatic rings. The molecule has 122 valence electrons. The zero-order valence-corrected chi connectivity index (χ0v) is 13.7. The van der Waals surface area contributed by atoms with Crippen molar-refractivity contribution in [2.45, 2.75) is 5.16 Å². The van der Waals surface area contributed by atoms with E-state index in [0.717, 1.165) is 23.5 Å². The molecule has 0 atom stereocenters. The Labute approximate surface area is 144 Å². The summed E-state index contributed by atoms with van der Waals surface area (Å²) in [6.07, 6.45) is 3.19. The first-order chi connectivity index (χ1) is 11.6. The van der Waals surface area contributed by atoms with Crippen molar-refractivity contribution in [1.29, 1.82) is 0 Å². The maximum atomic E-state index is 13.7. The van der Waals surface area contributed by atoms with E-state index in [0.29, 0.717) is 16.0 Å². The highest BCUT2D eigenvalue weighted by Crippen LogP contribution is 2.27. The summed E-state index contributed by atoms with van der Waals surface area (Å²) in [6.45, 7) is 0. The third-order valence-electron chi connectivity index (χ3n) is 2.83. The Morgan fingerprint density at radius 3 is 2.79 bits per heavy atom. The van der Waals surface area contributed by atoms with Gasteiger partial charge in [-0.2, -0.15) is 0 Å². The summed E-state index contributed by atoms with van der Waals surface area (Å²) in [7, 11) is 0. The van der Waals surface area contributed by atoms with Crippen LogP contribution >= 0.6 is 23.1 Å². The Morgan fingerprint density at radius 2 is 2.04 bits per heavy atom. The summed E-state index contributed by atoms with van der Waals surface area (Å²) in [5, 5.41) is 5.07. The predicted octanol–water partition coefficient (Wildman–Crippen LogP) is 3.61. The molecule has 0 fully saturated rings. The molecule has 0 unspecified atom stereocenters. The minimum atomic E-state index is -0.699. The Kier molecular flexibility index (Phi) is 5.11. The van der Waals surface area contributed by atoms with E-state index in [9.17, 15) is 13.6 Å². The molecule has 24 heavy (non-hydrogen) atoms. The molecule has 0 aliphatic heterocycles. The van der Waals surface area contributed by atoms with Crippen molar-refractivity contribution in [1.82, 2.24) is 15.0 Å². The second kappa shape index (κ2) is 7.45. The molecule has 2 heterocycles. The van der Waals surface area contributed by atoms with Gasteiger partial charge >= 0.3 is 0 Å². The van der Waals surface area contributed by atoms with Crippen molar-refractivity contribution in [2.24, 2.45) is 0 Å². The van der Waals surface area contributed by atoms with Gasteiger partial charge in [-0.05, 0) is 18.2 Å². The smallest absolute Gasteiger partial charge is 0.236 e. The highest BCUT2D eigenvalue weighted by atomic mass is 32.2. The summed E-state index contributed by atoms with van der Waals surface area (Å²) in [5.41, 5.74) is 0.520. The maximum absolute atomic E-state index is 13.7. The fourth-order valence-corrected chi connectivity index (χ4v) is 3.13. The van der Waals surface area contributed by atoms with Crippen LogP contribution in [0.5, 0.6) is 0 Å². The number of hydrogen-bond acceptors (Lipinski definition) is 6. The Balaban J connectivity index is 1.62. The molecule has 5 nitrogen and oxygen atoms in total. The average molecular weight is 364 g/mol. The van der Waals surface area contributed by atoms with E-state index in [-0.39, 0.29) is 17.2 Å². The zero-order valence-electron chi connectivity index (χ0n) is 12.1. The number of carbonyl (C=O) groups is 1. The van der Waals surface area contributed by atoms with Crippen LogP contribution in [0.15, 0.2) is 47.2 Å². The molecule has 9 heteroatoms. The highest BCUT2D eigenvalue weighted by molar-refractivity contribution is 7.99. The normalized spacial score (nSPS) is 10.6. The number of aromatic nitrogens is 3. The van der Waals surface area contributed by atoms with Crippen molar-refractivity contribution in [3.05, 3.63) is 53.7 Å². The molecule has 0 bridgehead atoms. The average Bonchev–Trinajstić information content (AvgIpc) is 3.02. The Bertz CT molecular complexity index is 858. The molecule has 1 N–H and O–H groups in total. The lowest BCUT2D eigenvalue weighted by atomic mass is 10.1. The number of thioether (sulfide) groups is 1. The van der Waals surface area contributed by atoms with Gasteiger partial charge in [0.15, 0.2) is 10.3 Å². The molecule has 1 aromatic carbocycles. The third-order valence-corrected chi connectivity index (χ3v) is 4.47. The minimum absolute atomic E-state index is 0.129. The SMILES string of the molecule is O=C(CSc1ncccn1)Nc1nc(-c2ccc(F)cc2F)cs1. The van der Waals surface area contributed by atoms with Crippen molar-refractivity contribution in [3.8, 4) is 11.3 Å². The van der Waals surface area contributed by atoms with Gasteiger partial charge in [-0.15, -0.1) is 11.3 Å². The molecular weight excluding hydrogens is 354 g/mol. The number of halogens is 2. The number of benzene rings is 1. The third kappa shape index (κ3) is 4.12. The molecule has 0 radical (unpaired) electrons. The van der Waals surface area contributed by atoms with Gasteiger partial charge in [0.25, 0.3) is 0 Å². The number of nitrogens with one attached hydrogen (secondary N) is 1. The lowest BCUT2D eigenvalue weighted by Gasteiger charge is -2.01. The zero-order chi connectivity index (χ0) is 16.9. The van der Waals surface area contributed by atoms with Gasteiger partial charge in [-0.25, -0.2) is 23.7 Å². The topological polar surface area (TPSA) is 67.8 Å². The monoisotopic (exact) mass is 364 g/mol. The number of rotatable bonds is 5. The summed E-state index contributed by atoms with van der Waals surface area (Å²) in [4.78, 5) is 24.1. The van der Waals surface area contributed by atoms with E-state index in [4.69, 9.17) is 0 Å². The van der Waals surface area contributed by atoms with E-state index < -0.39 is 11.6 Å². The van der Waals surface area contributed by atoms with Gasteiger partial charge in [0, 0.05) is 29.4 Å². The van der Waals surface area contributed by atoms with E-state index in [1.165, 1.54) is 17.8 Å². The lowest BCUT2D eigenvalue weighted by molar-refractivity contribution is -0.113. The van der Waals surface area contributed by atoms with Crippen LogP contribution in [0.4, 0.5) is 13.9 Å². The van der Waals surface area contributed by atoms with Crippen LogP contribution in [0.2, 0.25) is 0 Å². The van der Waals surface area contributed by atoms with Gasteiger partial charge in [-0.3, -0.25) is 4.79 Å². The first kappa shape index (κ1) is 16.5. The highest BCUT2D eigenvalue weighted by Gasteiger charge is 2.12. The van der Waals surface area contributed by atoms with E-state index in [2.05, 4.69) is 20.3 Å². The van der Waals surface area contributed by atoms with Crippen molar-refractivity contribution >= 4 is 34.1 Å². The second-order valence-electron chi connectivity index (χ2n) is 4.53.